The van der Waals surface area contributed by atoms with Crippen molar-refractivity contribution >= 4 is 0 Å². The molecule has 0 aliphatic rings. The molecule has 3 nitrogen and oxygen atoms in total. The predicted molar refractivity (Wildman–Crippen MR) is 44.7 cm³/mol. The first kappa shape index (κ1) is 18.4. The first-order valence-corrected chi connectivity index (χ1v) is 5.25. The zero-order valence-corrected chi connectivity index (χ0v) is 10.5. The third kappa shape index (κ3) is 46.1. The first-order valence-electron chi connectivity index (χ1n) is 4.25. The van der Waals surface area contributed by atoms with Crippen molar-refractivity contribution in [2.75, 3.05) is 13.2 Å². The van der Waals surface area contributed by atoms with Crippen LogP contribution in [0, 0.1) is 0 Å². The average molecular weight is 255 g/mol. The van der Waals surface area contributed by atoms with Crippen LogP contribution in [0.25, 0.3) is 0 Å². The Morgan fingerprint density at radius 3 is 1.17 bits per heavy atom. The third-order valence-corrected chi connectivity index (χ3v) is 1.02. The maximum absolute atomic E-state index is 8.34. The van der Waals surface area contributed by atoms with Crippen LogP contribution < -0.4 is 0 Å². The predicted octanol–water partition coefficient (Wildman–Crippen LogP) is 1.44. The van der Waals surface area contributed by atoms with Crippen molar-refractivity contribution in [3.8, 4) is 0 Å². The summed E-state index contributed by atoms with van der Waals surface area (Å²) in [6, 6.07) is 0. The van der Waals surface area contributed by atoms with E-state index in [-0.39, 0.29) is 0 Å². The SMILES string of the molecule is CCCCO.CCCCO.[O]=[Zr]. The van der Waals surface area contributed by atoms with E-state index in [1.165, 1.54) is 0 Å². The van der Waals surface area contributed by atoms with E-state index < -0.39 is 0 Å². The summed E-state index contributed by atoms with van der Waals surface area (Å²) in [7, 11) is 0. The Morgan fingerprint density at radius 1 is 0.917 bits per heavy atom. The molecule has 0 aromatic rings. The first-order chi connectivity index (χ1) is 5.83. The van der Waals surface area contributed by atoms with Crippen LogP contribution in [0.1, 0.15) is 39.5 Å². The van der Waals surface area contributed by atoms with Crippen molar-refractivity contribution in [1.82, 2.24) is 0 Å². The standard InChI is InChI=1S/2C4H10O.O.Zr/c2*1-2-3-4-5;;/h2*5H,2-4H2,1H3;;. The second-order valence-corrected chi connectivity index (χ2v) is 2.15. The summed E-state index contributed by atoms with van der Waals surface area (Å²) in [5, 5.41) is 16.1. The fourth-order valence-electron chi connectivity index (χ4n) is 0.316. The minimum absolute atomic E-state index is 0.300. The Hall–Kier alpha value is 0.603. The quantitative estimate of drug-likeness (QED) is 0.799. The molecule has 0 bridgehead atoms. The van der Waals surface area contributed by atoms with Crippen molar-refractivity contribution in [2.24, 2.45) is 0 Å². The molecule has 12 heavy (non-hydrogen) atoms. The molecule has 0 spiro atoms. The van der Waals surface area contributed by atoms with Gasteiger partial charge in [-0.2, -0.15) is 0 Å². The van der Waals surface area contributed by atoms with Crippen LogP contribution in [0.15, 0.2) is 0 Å². The number of hydrogen-bond acceptors (Lipinski definition) is 3. The van der Waals surface area contributed by atoms with Crippen LogP contribution in [0.4, 0.5) is 0 Å². The Kier molecular flexibility index (Phi) is 45.9. The molecule has 0 radical (unpaired) electrons. The van der Waals surface area contributed by atoms with E-state index in [2.05, 4.69) is 13.8 Å². The Balaban J connectivity index is -0.000000112. The summed E-state index contributed by atoms with van der Waals surface area (Å²) in [4.78, 5) is 0. The molecule has 0 aliphatic carbocycles. The van der Waals surface area contributed by atoms with E-state index in [0.717, 1.165) is 25.7 Å². The molecule has 0 fully saturated rings. The fraction of sp³-hybridized carbons (Fsp3) is 1.00. The van der Waals surface area contributed by atoms with Crippen molar-refractivity contribution in [3.63, 3.8) is 0 Å². The summed E-state index contributed by atoms with van der Waals surface area (Å²) in [6.45, 7) is 4.79. The van der Waals surface area contributed by atoms with Crippen LogP contribution in [0.3, 0.4) is 0 Å². The molecule has 0 saturated heterocycles. The van der Waals surface area contributed by atoms with Crippen molar-refractivity contribution in [3.05, 3.63) is 0 Å². The van der Waals surface area contributed by atoms with Crippen LogP contribution in [0.5, 0.6) is 0 Å². The van der Waals surface area contributed by atoms with E-state index in [4.69, 9.17) is 13.0 Å². The van der Waals surface area contributed by atoms with Gasteiger partial charge in [0, 0.05) is 13.2 Å². The molecule has 0 aliphatic heterocycles. The second kappa shape index (κ2) is 29.9. The van der Waals surface area contributed by atoms with E-state index in [1.54, 1.807) is 0 Å². The minimum atomic E-state index is 0.300. The molecule has 4 heteroatoms. The van der Waals surface area contributed by atoms with E-state index >= 15 is 0 Å². The second-order valence-electron chi connectivity index (χ2n) is 2.15. The van der Waals surface area contributed by atoms with Gasteiger partial charge in [0.05, 0.1) is 0 Å². The molecular weight excluding hydrogens is 235 g/mol. The van der Waals surface area contributed by atoms with Crippen LogP contribution in [-0.4, -0.2) is 23.4 Å². The molecule has 74 valence electrons. The van der Waals surface area contributed by atoms with Gasteiger partial charge in [0.15, 0.2) is 0 Å². The molecule has 0 amide bonds. The topological polar surface area (TPSA) is 57.5 Å². The van der Waals surface area contributed by atoms with Gasteiger partial charge >= 0.3 is 27.5 Å². The summed E-state index contributed by atoms with van der Waals surface area (Å²) >= 11 is 0.300. The zero-order chi connectivity index (χ0) is 10.2. The van der Waals surface area contributed by atoms with Crippen LogP contribution in [-0.2, 0) is 27.5 Å². The number of aliphatic hydroxyl groups excluding tert-OH is 2. The van der Waals surface area contributed by atoms with Gasteiger partial charge in [-0.3, -0.25) is 0 Å². The van der Waals surface area contributed by atoms with Crippen LogP contribution >= 0.6 is 0 Å². The number of rotatable bonds is 4. The molecule has 0 heterocycles. The normalized spacial score (nSPS) is 7.25. The molecule has 0 unspecified atom stereocenters. The Bertz CT molecular complexity index is 43.6. The van der Waals surface area contributed by atoms with Gasteiger partial charge in [0.25, 0.3) is 0 Å². The Labute approximate surface area is 90.5 Å². The zero-order valence-electron chi connectivity index (χ0n) is 8.05. The van der Waals surface area contributed by atoms with Gasteiger partial charge in [-0.05, 0) is 12.8 Å². The summed E-state index contributed by atoms with van der Waals surface area (Å²) in [5.41, 5.74) is 0. The molecule has 0 rings (SSSR count). The molecule has 2 N–H and O–H groups in total. The summed E-state index contributed by atoms with van der Waals surface area (Å²) in [6.07, 6.45) is 4.08. The van der Waals surface area contributed by atoms with Gasteiger partial charge in [-0.1, -0.05) is 26.7 Å². The monoisotopic (exact) mass is 254 g/mol. The summed E-state index contributed by atoms with van der Waals surface area (Å²) < 4.78 is 8.34. The van der Waals surface area contributed by atoms with Gasteiger partial charge in [-0.15, -0.1) is 0 Å². The van der Waals surface area contributed by atoms with E-state index in [9.17, 15) is 0 Å². The molecule has 0 aromatic heterocycles. The van der Waals surface area contributed by atoms with Crippen molar-refractivity contribution in [1.29, 1.82) is 0 Å². The number of hydrogen-bond donors (Lipinski definition) is 2. The number of aliphatic hydroxyl groups is 2. The Morgan fingerprint density at radius 2 is 1.17 bits per heavy atom. The summed E-state index contributed by atoms with van der Waals surface area (Å²) in [5.74, 6) is 0. The molecule has 0 atom stereocenters. The third-order valence-electron chi connectivity index (χ3n) is 1.02. The maximum atomic E-state index is 8.34. The van der Waals surface area contributed by atoms with Gasteiger partial charge < -0.3 is 10.2 Å². The van der Waals surface area contributed by atoms with Crippen LogP contribution in [0.2, 0.25) is 0 Å². The van der Waals surface area contributed by atoms with Gasteiger partial charge in [0.1, 0.15) is 0 Å². The number of unbranched alkanes of at least 4 members (excludes halogenated alkanes) is 2. The van der Waals surface area contributed by atoms with Crippen molar-refractivity contribution in [2.45, 2.75) is 39.5 Å². The average Bonchev–Trinajstić information content (AvgIpc) is 2.12. The van der Waals surface area contributed by atoms with E-state index in [0.29, 0.717) is 37.9 Å². The van der Waals surface area contributed by atoms with Crippen molar-refractivity contribution < 1.29 is 37.7 Å². The fourth-order valence-corrected chi connectivity index (χ4v) is 0.316. The van der Waals surface area contributed by atoms with E-state index in [1.807, 2.05) is 0 Å². The molecule has 0 aromatic carbocycles. The molecule has 0 saturated carbocycles. The van der Waals surface area contributed by atoms with Gasteiger partial charge in [-0.25, -0.2) is 0 Å². The molecular formula is C8H20O3Zr. The van der Waals surface area contributed by atoms with Gasteiger partial charge in [0.2, 0.25) is 0 Å².